The first-order chi connectivity index (χ1) is 16.7. The van der Waals surface area contributed by atoms with Crippen molar-refractivity contribution in [1.29, 1.82) is 0 Å². The van der Waals surface area contributed by atoms with Crippen LogP contribution in [0.2, 0.25) is 0 Å². The van der Waals surface area contributed by atoms with E-state index >= 15 is 0 Å². The molecule has 0 atom stereocenters. The molecule has 4 rings (SSSR count). The van der Waals surface area contributed by atoms with Crippen molar-refractivity contribution in [2.45, 2.75) is 38.0 Å². The van der Waals surface area contributed by atoms with Crippen LogP contribution < -0.4 is 5.73 Å². The standard InChI is InChI=1S/C27H33N5O3/c1-6-23-29-30-26(35-23)27(13-14-28)21-11-9-19(24(33)31(2)3)15-17(21)7-8-18-16-20(10-12-22(18)27)25(34)32(4)5/h9-12,15-16H,6-8,13-14,28H2,1-5H3. The highest BCUT2D eigenvalue weighted by molar-refractivity contribution is 5.95. The zero-order valence-electron chi connectivity index (χ0n) is 21.1. The SMILES string of the molecule is CCc1nnc(C2(CCN)c3ccc(C(=O)N(C)C)cc3CCc3cc(C(=O)N(C)C)ccc32)o1. The normalized spacial score (nSPS) is 14.0. The van der Waals surface area contributed by atoms with E-state index in [0.717, 1.165) is 22.3 Å². The van der Waals surface area contributed by atoms with Gasteiger partial charge in [-0.1, -0.05) is 19.1 Å². The van der Waals surface area contributed by atoms with Crippen LogP contribution in [0.15, 0.2) is 40.8 Å². The lowest BCUT2D eigenvalue weighted by atomic mass is 9.69. The van der Waals surface area contributed by atoms with Crippen molar-refractivity contribution >= 4 is 11.8 Å². The van der Waals surface area contributed by atoms with Gasteiger partial charge in [0, 0.05) is 45.7 Å². The van der Waals surface area contributed by atoms with E-state index in [-0.39, 0.29) is 11.8 Å². The van der Waals surface area contributed by atoms with E-state index in [1.54, 1.807) is 38.0 Å². The topological polar surface area (TPSA) is 106 Å². The predicted molar refractivity (Wildman–Crippen MR) is 134 cm³/mol. The average molecular weight is 476 g/mol. The van der Waals surface area contributed by atoms with Crippen molar-refractivity contribution < 1.29 is 14.0 Å². The van der Waals surface area contributed by atoms with Gasteiger partial charge in [-0.3, -0.25) is 9.59 Å². The Hall–Kier alpha value is -3.52. The maximum Gasteiger partial charge on any atom is 0.253 e. The molecule has 0 saturated carbocycles. The molecule has 0 radical (unpaired) electrons. The molecule has 3 aromatic rings. The minimum atomic E-state index is -0.782. The van der Waals surface area contributed by atoms with Crippen LogP contribution in [0.5, 0.6) is 0 Å². The quantitative estimate of drug-likeness (QED) is 0.588. The molecule has 0 aliphatic heterocycles. The summed E-state index contributed by atoms with van der Waals surface area (Å²) in [5.41, 5.74) is 10.8. The minimum absolute atomic E-state index is 0.0519. The fourth-order valence-electron chi connectivity index (χ4n) is 5.02. The Bertz CT molecular complexity index is 1190. The molecule has 8 nitrogen and oxygen atoms in total. The molecule has 2 amide bonds. The van der Waals surface area contributed by atoms with Crippen LogP contribution in [-0.4, -0.2) is 66.5 Å². The van der Waals surface area contributed by atoms with Crippen LogP contribution >= 0.6 is 0 Å². The summed E-state index contributed by atoms with van der Waals surface area (Å²) in [7, 11) is 6.99. The maximum atomic E-state index is 12.7. The van der Waals surface area contributed by atoms with Gasteiger partial charge in [0.2, 0.25) is 11.8 Å². The first-order valence-electron chi connectivity index (χ1n) is 12.0. The van der Waals surface area contributed by atoms with Crippen LogP contribution in [0.1, 0.15) is 68.1 Å². The lowest BCUT2D eigenvalue weighted by Crippen LogP contribution is -2.34. The van der Waals surface area contributed by atoms with Gasteiger partial charge >= 0.3 is 0 Å². The summed E-state index contributed by atoms with van der Waals surface area (Å²) in [4.78, 5) is 28.6. The van der Waals surface area contributed by atoms with Crippen molar-refractivity contribution in [2.75, 3.05) is 34.7 Å². The van der Waals surface area contributed by atoms with E-state index in [9.17, 15) is 9.59 Å². The van der Waals surface area contributed by atoms with Crippen LogP contribution in [0.4, 0.5) is 0 Å². The lowest BCUT2D eigenvalue weighted by Gasteiger charge is -2.33. The van der Waals surface area contributed by atoms with Crippen LogP contribution in [0.25, 0.3) is 0 Å². The maximum absolute atomic E-state index is 12.7. The van der Waals surface area contributed by atoms with Gasteiger partial charge in [0.1, 0.15) is 5.41 Å². The second-order valence-electron chi connectivity index (χ2n) is 9.44. The third-order valence-corrected chi connectivity index (χ3v) is 6.75. The summed E-state index contributed by atoms with van der Waals surface area (Å²) < 4.78 is 6.20. The largest absolute Gasteiger partial charge is 0.424 e. The van der Waals surface area contributed by atoms with Gasteiger partial charge in [-0.15, -0.1) is 10.2 Å². The van der Waals surface area contributed by atoms with Gasteiger partial charge < -0.3 is 20.0 Å². The fraction of sp³-hybridized carbons (Fsp3) is 0.407. The highest BCUT2D eigenvalue weighted by Crippen LogP contribution is 2.47. The highest BCUT2D eigenvalue weighted by atomic mass is 16.4. The molecule has 1 aromatic heterocycles. The molecule has 8 heteroatoms. The average Bonchev–Trinajstić information content (AvgIpc) is 3.30. The first-order valence-corrected chi connectivity index (χ1v) is 12.0. The highest BCUT2D eigenvalue weighted by Gasteiger charge is 2.45. The number of carbonyl (C=O) groups excluding carboxylic acids is 2. The molecule has 1 heterocycles. The molecule has 35 heavy (non-hydrogen) atoms. The lowest BCUT2D eigenvalue weighted by molar-refractivity contribution is 0.0820. The Kier molecular flexibility index (Phi) is 6.76. The molecule has 0 saturated heterocycles. The van der Waals surface area contributed by atoms with Crippen LogP contribution in [0, 0.1) is 0 Å². The Balaban J connectivity index is 2.00. The van der Waals surface area contributed by atoms with Crippen molar-refractivity contribution in [3.63, 3.8) is 0 Å². The summed E-state index contributed by atoms with van der Waals surface area (Å²) in [6, 6.07) is 11.7. The van der Waals surface area contributed by atoms with Crippen molar-refractivity contribution in [1.82, 2.24) is 20.0 Å². The van der Waals surface area contributed by atoms with Gasteiger partial charge in [-0.25, -0.2) is 0 Å². The van der Waals surface area contributed by atoms with Crippen molar-refractivity contribution in [3.8, 4) is 0 Å². The van der Waals surface area contributed by atoms with E-state index in [1.165, 1.54) is 0 Å². The summed E-state index contributed by atoms with van der Waals surface area (Å²) in [5.74, 6) is 0.943. The molecule has 184 valence electrons. The number of aryl methyl sites for hydroxylation is 3. The number of nitrogens with zero attached hydrogens (tertiary/aromatic N) is 4. The number of hydrogen-bond acceptors (Lipinski definition) is 6. The summed E-state index contributed by atoms with van der Waals surface area (Å²) >= 11 is 0. The van der Waals surface area contributed by atoms with Gasteiger partial charge in [-0.05, 0) is 72.3 Å². The summed E-state index contributed by atoms with van der Waals surface area (Å²) in [6.07, 6.45) is 2.58. The van der Waals surface area contributed by atoms with Gasteiger partial charge in [0.05, 0.1) is 0 Å². The predicted octanol–water partition coefficient (Wildman–Crippen LogP) is 2.82. The number of benzene rings is 2. The number of amides is 2. The Morgan fingerprint density at radius 2 is 1.43 bits per heavy atom. The number of fused-ring (bicyclic) bond motifs is 2. The second-order valence-corrected chi connectivity index (χ2v) is 9.44. The molecule has 0 unspecified atom stereocenters. The Labute approximate surface area is 206 Å². The fourth-order valence-corrected chi connectivity index (χ4v) is 5.02. The Morgan fingerprint density at radius 3 is 1.83 bits per heavy atom. The number of hydrogen-bond donors (Lipinski definition) is 1. The van der Waals surface area contributed by atoms with Gasteiger partial charge in [-0.2, -0.15) is 0 Å². The molecule has 2 aromatic carbocycles. The molecule has 0 fully saturated rings. The second kappa shape index (κ2) is 9.62. The zero-order valence-corrected chi connectivity index (χ0v) is 21.1. The number of aromatic nitrogens is 2. The molecular weight excluding hydrogens is 442 g/mol. The molecule has 2 N–H and O–H groups in total. The molecule has 1 aliphatic rings. The first kappa shape index (κ1) is 24.6. The number of nitrogens with two attached hydrogens (primary N) is 1. The van der Waals surface area contributed by atoms with Crippen molar-refractivity contribution in [3.05, 3.63) is 81.6 Å². The zero-order chi connectivity index (χ0) is 25.3. The van der Waals surface area contributed by atoms with Gasteiger partial charge in [0.25, 0.3) is 11.8 Å². The van der Waals surface area contributed by atoms with E-state index in [0.29, 0.717) is 55.1 Å². The minimum Gasteiger partial charge on any atom is -0.424 e. The van der Waals surface area contributed by atoms with Crippen LogP contribution in [0.3, 0.4) is 0 Å². The van der Waals surface area contributed by atoms with E-state index in [4.69, 9.17) is 10.2 Å². The molecule has 0 spiro atoms. The number of rotatable bonds is 6. The molecular formula is C27H33N5O3. The molecule has 0 bridgehead atoms. The Morgan fingerprint density at radius 1 is 0.914 bits per heavy atom. The van der Waals surface area contributed by atoms with E-state index in [2.05, 4.69) is 10.2 Å². The van der Waals surface area contributed by atoms with Crippen molar-refractivity contribution in [2.24, 2.45) is 5.73 Å². The number of carbonyl (C=O) groups is 2. The van der Waals surface area contributed by atoms with Gasteiger partial charge in [0.15, 0.2) is 0 Å². The monoisotopic (exact) mass is 475 g/mol. The third kappa shape index (κ3) is 4.23. The third-order valence-electron chi connectivity index (χ3n) is 6.75. The summed E-state index contributed by atoms with van der Waals surface area (Å²) in [6.45, 7) is 2.36. The molecule has 1 aliphatic carbocycles. The summed E-state index contributed by atoms with van der Waals surface area (Å²) in [5, 5.41) is 8.76. The van der Waals surface area contributed by atoms with Crippen LogP contribution in [-0.2, 0) is 24.7 Å². The van der Waals surface area contributed by atoms with E-state index < -0.39 is 5.41 Å². The smallest absolute Gasteiger partial charge is 0.253 e. The van der Waals surface area contributed by atoms with E-state index in [1.807, 2.05) is 43.3 Å².